The third-order valence-electron chi connectivity index (χ3n) is 5.03. The minimum atomic E-state index is -1.02. The predicted molar refractivity (Wildman–Crippen MR) is 119 cm³/mol. The number of benzene rings is 3. The van der Waals surface area contributed by atoms with Crippen LogP contribution in [0.2, 0.25) is 0 Å². The molecule has 5 rings (SSSR count). The number of aromatic nitrogens is 2. The van der Waals surface area contributed by atoms with Crippen molar-refractivity contribution in [3.63, 3.8) is 0 Å². The molecular weight excluding hydrogens is 418 g/mol. The van der Waals surface area contributed by atoms with Crippen LogP contribution in [-0.2, 0) is 11.2 Å². The Labute approximate surface area is 182 Å². The number of carboxylic acids is 1. The highest BCUT2D eigenvalue weighted by Crippen LogP contribution is 2.32. The molecule has 156 valence electrons. The molecule has 0 spiro atoms. The van der Waals surface area contributed by atoms with E-state index in [-0.39, 0.29) is 18.8 Å². The van der Waals surface area contributed by atoms with Crippen LogP contribution in [0.25, 0.3) is 44.8 Å². The maximum absolute atomic E-state index is 10.9. The van der Waals surface area contributed by atoms with E-state index in [9.17, 15) is 4.79 Å². The molecule has 0 saturated carbocycles. The van der Waals surface area contributed by atoms with Crippen molar-refractivity contribution in [3.8, 4) is 22.8 Å². The lowest BCUT2D eigenvalue weighted by Gasteiger charge is -2.06. The highest BCUT2D eigenvalue weighted by atomic mass is 35.5. The number of nitrogens with two attached hydrogens (primary N) is 1. The maximum atomic E-state index is 10.9. The minimum Gasteiger partial charge on any atom is -0.480 e. The predicted octanol–water partition coefficient (Wildman–Crippen LogP) is 4.68. The van der Waals surface area contributed by atoms with Gasteiger partial charge in [0.1, 0.15) is 17.2 Å². The molecule has 31 heavy (non-hydrogen) atoms. The first-order chi connectivity index (χ1) is 14.6. The van der Waals surface area contributed by atoms with Crippen LogP contribution >= 0.6 is 12.4 Å². The zero-order valence-electron chi connectivity index (χ0n) is 16.2. The van der Waals surface area contributed by atoms with Crippen LogP contribution in [0.4, 0.5) is 0 Å². The average molecular weight is 436 g/mol. The van der Waals surface area contributed by atoms with Crippen molar-refractivity contribution in [2.75, 3.05) is 0 Å². The second-order valence-electron chi connectivity index (χ2n) is 7.08. The van der Waals surface area contributed by atoms with E-state index in [0.29, 0.717) is 11.7 Å². The van der Waals surface area contributed by atoms with Gasteiger partial charge in [0.25, 0.3) is 5.89 Å². The molecule has 8 heteroatoms. The van der Waals surface area contributed by atoms with Crippen molar-refractivity contribution >= 4 is 40.3 Å². The summed E-state index contributed by atoms with van der Waals surface area (Å²) < 4.78 is 11.3. The summed E-state index contributed by atoms with van der Waals surface area (Å²) in [6.45, 7) is 0. The first-order valence-corrected chi connectivity index (χ1v) is 9.41. The number of aliphatic carboxylic acids is 1. The Morgan fingerprint density at radius 3 is 2.45 bits per heavy atom. The summed E-state index contributed by atoms with van der Waals surface area (Å²) in [5, 5.41) is 15.0. The van der Waals surface area contributed by atoms with Gasteiger partial charge in [0.15, 0.2) is 0 Å². The van der Waals surface area contributed by atoms with E-state index in [2.05, 4.69) is 10.1 Å². The van der Waals surface area contributed by atoms with E-state index in [1.165, 1.54) is 0 Å². The quantitative estimate of drug-likeness (QED) is 0.411. The summed E-state index contributed by atoms with van der Waals surface area (Å²) in [5.41, 5.74) is 9.62. The zero-order valence-corrected chi connectivity index (χ0v) is 17.0. The van der Waals surface area contributed by atoms with Crippen LogP contribution < -0.4 is 5.73 Å². The van der Waals surface area contributed by atoms with Crippen LogP contribution in [-0.4, -0.2) is 27.3 Å². The second kappa shape index (κ2) is 8.22. The van der Waals surface area contributed by atoms with Gasteiger partial charge in [-0.05, 0) is 36.2 Å². The molecule has 0 unspecified atom stereocenters. The smallest absolute Gasteiger partial charge is 0.320 e. The zero-order chi connectivity index (χ0) is 20.7. The van der Waals surface area contributed by atoms with Crippen LogP contribution in [0.15, 0.2) is 75.7 Å². The summed E-state index contributed by atoms with van der Waals surface area (Å²) in [4.78, 5) is 15.4. The first kappa shape index (κ1) is 20.6. The monoisotopic (exact) mass is 435 g/mol. The number of para-hydroxylation sites is 1. The third-order valence-corrected chi connectivity index (χ3v) is 5.03. The lowest BCUT2D eigenvalue weighted by molar-refractivity contribution is -0.138. The molecule has 0 aliphatic carbocycles. The van der Waals surface area contributed by atoms with Gasteiger partial charge >= 0.3 is 5.97 Å². The Morgan fingerprint density at radius 2 is 1.68 bits per heavy atom. The Hall–Kier alpha value is -3.68. The molecule has 2 heterocycles. The van der Waals surface area contributed by atoms with Gasteiger partial charge in [-0.1, -0.05) is 47.6 Å². The molecule has 3 N–H and O–H groups in total. The molecule has 3 aromatic carbocycles. The number of halogens is 1. The normalized spacial score (nSPS) is 12.0. The van der Waals surface area contributed by atoms with Gasteiger partial charge in [-0.3, -0.25) is 4.79 Å². The summed E-state index contributed by atoms with van der Waals surface area (Å²) >= 11 is 0. The van der Waals surface area contributed by atoms with Gasteiger partial charge in [0, 0.05) is 21.9 Å². The van der Waals surface area contributed by atoms with Crippen molar-refractivity contribution in [2.24, 2.45) is 5.73 Å². The highest BCUT2D eigenvalue weighted by molar-refractivity contribution is 6.06. The Kier molecular flexibility index (Phi) is 5.46. The number of furan rings is 1. The first-order valence-electron chi connectivity index (χ1n) is 9.41. The number of nitrogens with zero attached hydrogens (tertiary/aromatic N) is 2. The van der Waals surface area contributed by atoms with Crippen molar-refractivity contribution in [1.82, 2.24) is 10.1 Å². The van der Waals surface area contributed by atoms with E-state index < -0.39 is 12.0 Å². The molecule has 5 aromatic rings. The fraction of sp³-hybridized carbons (Fsp3) is 0.0870. The lowest BCUT2D eigenvalue weighted by Crippen LogP contribution is -2.32. The van der Waals surface area contributed by atoms with Crippen molar-refractivity contribution in [3.05, 3.63) is 72.3 Å². The van der Waals surface area contributed by atoms with Crippen LogP contribution in [0.3, 0.4) is 0 Å². The molecule has 1 atom stereocenters. The summed E-state index contributed by atoms with van der Waals surface area (Å²) in [6.07, 6.45) is 0.256. The van der Waals surface area contributed by atoms with Gasteiger partial charge in [-0.25, -0.2) is 0 Å². The SMILES string of the molecule is Cl.N[C@@H](Cc1ccc(-c2noc(-c3ccc4oc5ccccc5c4c3)n2)cc1)C(=O)O. The Bertz CT molecular complexity index is 1370. The number of hydrogen-bond donors (Lipinski definition) is 2. The Balaban J connectivity index is 0.00000231. The molecular formula is C23H18ClN3O4. The van der Waals surface area contributed by atoms with E-state index in [1.807, 2.05) is 66.7 Å². The third kappa shape index (κ3) is 3.88. The van der Waals surface area contributed by atoms with E-state index in [0.717, 1.165) is 38.6 Å². The summed E-state index contributed by atoms with van der Waals surface area (Å²) in [5.74, 6) is -0.158. The standard InChI is InChI=1S/C23H17N3O4.ClH/c24-18(23(27)28)11-13-5-7-14(8-6-13)21-25-22(30-26-21)15-9-10-20-17(12-15)16-3-1-2-4-19(16)29-20;/h1-10,12,18H,11,24H2,(H,27,28);1H/t18-;/m0./s1. The fourth-order valence-electron chi connectivity index (χ4n) is 3.45. The van der Waals surface area contributed by atoms with Crippen molar-refractivity contribution in [1.29, 1.82) is 0 Å². The maximum Gasteiger partial charge on any atom is 0.320 e. The van der Waals surface area contributed by atoms with Crippen LogP contribution in [0.1, 0.15) is 5.56 Å². The molecule has 7 nitrogen and oxygen atoms in total. The van der Waals surface area contributed by atoms with Crippen LogP contribution in [0, 0.1) is 0 Å². The molecule has 0 amide bonds. The Morgan fingerprint density at radius 1 is 0.968 bits per heavy atom. The number of carboxylic acid groups (broad SMARTS) is 1. The molecule has 0 radical (unpaired) electrons. The molecule has 0 saturated heterocycles. The van der Waals surface area contributed by atoms with E-state index in [1.54, 1.807) is 0 Å². The lowest BCUT2D eigenvalue weighted by atomic mass is 10.0. The van der Waals surface area contributed by atoms with Crippen molar-refractivity contribution in [2.45, 2.75) is 12.5 Å². The van der Waals surface area contributed by atoms with Gasteiger partial charge in [-0.15, -0.1) is 12.4 Å². The van der Waals surface area contributed by atoms with Gasteiger partial charge in [0.2, 0.25) is 5.82 Å². The topological polar surface area (TPSA) is 115 Å². The van der Waals surface area contributed by atoms with Gasteiger partial charge < -0.3 is 19.8 Å². The summed E-state index contributed by atoms with van der Waals surface area (Å²) in [7, 11) is 0. The second-order valence-corrected chi connectivity index (χ2v) is 7.08. The van der Waals surface area contributed by atoms with Crippen LogP contribution in [0.5, 0.6) is 0 Å². The van der Waals surface area contributed by atoms with Gasteiger partial charge in [-0.2, -0.15) is 4.98 Å². The summed E-state index contributed by atoms with van der Waals surface area (Å²) in [6, 6.07) is 20.0. The molecule has 0 bridgehead atoms. The molecule has 0 fully saturated rings. The molecule has 0 aliphatic rings. The number of hydrogen-bond acceptors (Lipinski definition) is 6. The number of carbonyl (C=O) groups is 1. The van der Waals surface area contributed by atoms with E-state index in [4.69, 9.17) is 19.8 Å². The number of fused-ring (bicyclic) bond motifs is 3. The largest absolute Gasteiger partial charge is 0.480 e. The highest BCUT2D eigenvalue weighted by Gasteiger charge is 2.15. The molecule has 0 aliphatic heterocycles. The molecule has 2 aromatic heterocycles. The fourth-order valence-corrected chi connectivity index (χ4v) is 3.45. The van der Waals surface area contributed by atoms with E-state index >= 15 is 0 Å². The minimum absolute atomic E-state index is 0. The number of rotatable bonds is 5. The van der Waals surface area contributed by atoms with Crippen molar-refractivity contribution < 1.29 is 18.8 Å². The van der Waals surface area contributed by atoms with Gasteiger partial charge in [0.05, 0.1) is 0 Å². The average Bonchev–Trinajstić information content (AvgIpc) is 3.39.